The number of anilines is 1. The van der Waals surface area contributed by atoms with Crippen molar-refractivity contribution in [2.45, 2.75) is 20.1 Å². The first kappa shape index (κ1) is 14.5. The molecule has 1 rings (SSSR count). The minimum atomic E-state index is -0.515. The van der Waals surface area contributed by atoms with Crippen LogP contribution in [0.25, 0.3) is 0 Å². The van der Waals surface area contributed by atoms with E-state index in [-0.39, 0.29) is 12.3 Å². The third-order valence-electron chi connectivity index (χ3n) is 2.45. The number of hydrogen-bond acceptors (Lipinski definition) is 6. The van der Waals surface area contributed by atoms with Crippen molar-refractivity contribution in [2.75, 3.05) is 33.2 Å². The topological polar surface area (TPSA) is 88.6 Å². The van der Waals surface area contributed by atoms with Crippen LogP contribution in [0.1, 0.15) is 23.0 Å². The van der Waals surface area contributed by atoms with Gasteiger partial charge in [0.1, 0.15) is 5.82 Å². The summed E-state index contributed by atoms with van der Waals surface area (Å²) in [6, 6.07) is 0. The molecule has 0 bridgehead atoms. The van der Waals surface area contributed by atoms with Crippen molar-refractivity contribution in [3.05, 3.63) is 11.3 Å². The van der Waals surface area contributed by atoms with Gasteiger partial charge < -0.3 is 19.9 Å². The Hall–Kier alpha value is -1.60. The Balaban J connectivity index is 2.85. The maximum Gasteiger partial charge on any atom is 0.359 e. The van der Waals surface area contributed by atoms with E-state index in [2.05, 4.69) is 9.84 Å². The number of ether oxygens (including phenoxy) is 3. The highest BCUT2D eigenvalue weighted by atomic mass is 16.5. The fourth-order valence-corrected chi connectivity index (χ4v) is 1.47. The molecule has 0 radical (unpaired) electrons. The normalized spacial score (nSPS) is 10.6. The van der Waals surface area contributed by atoms with Gasteiger partial charge >= 0.3 is 5.97 Å². The Bertz CT molecular complexity index is 403. The highest BCUT2D eigenvalue weighted by Gasteiger charge is 2.21. The molecule has 0 aromatic carbocycles. The molecular formula is C11H19N3O4. The Morgan fingerprint density at radius 2 is 2.11 bits per heavy atom. The van der Waals surface area contributed by atoms with Gasteiger partial charge in [0.2, 0.25) is 0 Å². The summed E-state index contributed by atoms with van der Waals surface area (Å²) in [6.07, 6.45) is 0. The summed E-state index contributed by atoms with van der Waals surface area (Å²) in [7, 11) is 2.89. The van der Waals surface area contributed by atoms with Crippen molar-refractivity contribution in [3.8, 4) is 0 Å². The van der Waals surface area contributed by atoms with E-state index in [0.717, 1.165) is 0 Å². The predicted molar refractivity (Wildman–Crippen MR) is 65.2 cm³/mol. The van der Waals surface area contributed by atoms with Crippen molar-refractivity contribution in [2.24, 2.45) is 0 Å². The first-order valence-electron chi connectivity index (χ1n) is 5.65. The summed E-state index contributed by atoms with van der Waals surface area (Å²) in [4.78, 5) is 11.6. The Kier molecular flexibility index (Phi) is 5.60. The van der Waals surface area contributed by atoms with Gasteiger partial charge in [0.05, 0.1) is 32.5 Å². The summed E-state index contributed by atoms with van der Waals surface area (Å²) < 4.78 is 16.4. The van der Waals surface area contributed by atoms with Crippen LogP contribution in [0.2, 0.25) is 0 Å². The van der Waals surface area contributed by atoms with Crippen molar-refractivity contribution >= 4 is 11.8 Å². The largest absolute Gasteiger partial charge is 0.464 e. The zero-order valence-corrected chi connectivity index (χ0v) is 10.9. The van der Waals surface area contributed by atoms with Crippen molar-refractivity contribution in [1.29, 1.82) is 0 Å². The van der Waals surface area contributed by atoms with Gasteiger partial charge in [-0.25, -0.2) is 9.48 Å². The van der Waals surface area contributed by atoms with Gasteiger partial charge in [0, 0.05) is 13.7 Å². The van der Waals surface area contributed by atoms with E-state index in [1.54, 1.807) is 11.8 Å². The third kappa shape index (κ3) is 3.21. The molecule has 102 valence electrons. The molecule has 0 amide bonds. The zero-order chi connectivity index (χ0) is 13.5. The Morgan fingerprint density at radius 3 is 2.67 bits per heavy atom. The van der Waals surface area contributed by atoms with Crippen LogP contribution in [0.3, 0.4) is 0 Å². The number of aromatic nitrogens is 2. The Labute approximate surface area is 106 Å². The van der Waals surface area contributed by atoms with Gasteiger partial charge in [-0.3, -0.25) is 0 Å². The molecule has 1 heterocycles. The molecule has 0 unspecified atom stereocenters. The van der Waals surface area contributed by atoms with Gasteiger partial charge in [-0.15, -0.1) is 0 Å². The van der Waals surface area contributed by atoms with Crippen molar-refractivity contribution < 1.29 is 19.0 Å². The maximum atomic E-state index is 11.6. The lowest BCUT2D eigenvalue weighted by atomic mass is 10.2. The van der Waals surface area contributed by atoms with E-state index in [1.807, 2.05) is 6.92 Å². The lowest BCUT2D eigenvalue weighted by molar-refractivity contribution is 0.0549. The molecule has 0 aliphatic carbocycles. The number of esters is 1. The van der Waals surface area contributed by atoms with Gasteiger partial charge in [-0.05, 0) is 6.92 Å². The third-order valence-corrected chi connectivity index (χ3v) is 2.45. The van der Waals surface area contributed by atoms with E-state index in [0.29, 0.717) is 31.1 Å². The average molecular weight is 257 g/mol. The van der Waals surface area contributed by atoms with Crippen LogP contribution in [0.5, 0.6) is 0 Å². The number of nitrogens with two attached hydrogens (primary N) is 1. The Morgan fingerprint density at radius 1 is 1.39 bits per heavy atom. The molecule has 0 aliphatic heterocycles. The molecule has 18 heavy (non-hydrogen) atoms. The number of nitrogen functional groups attached to an aromatic ring is 1. The van der Waals surface area contributed by atoms with Gasteiger partial charge in [-0.1, -0.05) is 0 Å². The molecule has 0 fully saturated rings. The molecule has 1 aromatic heterocycles. The summed E-state index contributed by atoms with van der Waals surface area (Å²) in [5, 5.41) is 4.10. The molecule has 7 nitrogen and oxygen atoms in total. The van der Waals surface area contributed by atoms with Crippen LogP contribution >= 0.6 is 0 Å². The average Bonchev–Trinajstić information content (AvgIpc) is 2.71. The van der Waals surface area contributed by atoms with Crippen LogP contribution in [0.15, 0.2) is 0 Å². The minimum Gasteiger partial charge on any atom is -0.464 e. The van der Waals surface area contributed by atoms with Crippen LogP contribution in [-0.4, -0.2) is 43.2 Å². The number of carbonyl (C=O) groups excluding carboxylic acids is 1. The van der Waals surface area contributed by atoms with Crippen LogP contribution in [-0.2, 0) is 27.4 Å². The lowest BCUT2D eigenvalue weighted by Gasteiger charge is -2.05. The maximum absolute atomic E-state index is 11.6. The highest BCUT2D eigenvalue weighted by molar-refractivity contribution is 5.90. The molecule has 0 atom stereocenters. The fourth-order valence-electron chi connectivity index (χ4n) is 1.47. The molecule has 2 N–H and O–H groups in total. The predicted octanol–water partition coefficient (Wildman–Crippen LogP) is 0.435. The number of methoxy groups -OCH3 is 2. The molecule has 0 aliphatic rings. The molecule has 0 saturated heterocycles. The number of nitrogens with zero attached hydrogens (tertiary/aromatic N) is 2. The molecule has 0 spiro atoms. The molecule has 0 saturated carbocycles. The zero-order valence-electron chi connectivity index (χ0n) is 10.9. The van der Waals surface area contributed by atoms with E-state index in [9.17, 15) is 4.79 Å². The van der Waals surface area contributed by atoms with Crippen LogP contribution < -0.4 is 5.73 Å². The summed E-state index contributed by atoms with van der Waals surface area (Å²) >= 11 is 0. The molecular weight excluding hydrogens is 238 g/mol. The smallest absolute Gasteiger partial charge is 0.359 e. The number of carbonyl (C=O) groups is 1. The van der Waals surface area contributed by atoms with Gasteiger partial charge in [0.15, 0.2) is 5.69 Å². The van der Waals surface area contributed by atoms with Gasteiger partial charge in [0.25, 0.3) is 0 Å². The van der Waals surface area contributed by atoms with Crippen LogP contribution in [0, 0.1) is 0 Å². The molecule has 7 heteroatoms. The van der Waals surface area contributed by atoms with E-state index in [1.165, 1.54) is 7.11 Å². The number of hydrogen-bond donors (Lipinski definition) is 1. The van der Waals surface area contributed by atoms with Gasteiger partial charge in [-0.2, -0.15) is 5.10 Å². The van der Waals surface area contributed by atoms with E-state index < -0.39 is 5.97 Å². The summed E-state index contributed by atoms with van der Waals surface area (Å²) in [5.41, 5.74) is 6.66. The van der Waals surface area contributed by atoms with Crippen molar-refractivity contribution in [1.82, 2.24) is 9.78 Å². The summed E-state index contributed by atoms with van der Waals surface area (Å²) in [6.45, 7) is 3.58. The first-order chi connectivity index (χ1) is 8.65. The monoisotopic (exact) mass is 257 g/mol. The fraction of sp³-hybridized carbons (Fsp3) is 0.636. The van der Waals surface area contributed by atoms with E-state index >= 15 is 0 Å². The second-order valence-electron chi connectivity index (χ2n) is 3.57. The summed E-state index contributed by atoms with van der Waals surface area (Å²) in [5.74, 6) is -0.0884. The number of aryl methyl sites for hydroxylation is 1. The lowest BCUT2D eigenvalue weighted by Crippen LogP contribution is -2.09. The van der Waals surface area contributed by atoms with E-state index in [4.69, 9.17) is 15.2 Å². The number of rotatable bonds is 7. The molecule has 1 aromatic rings. The standard InChI is InChI=1S/C11H19N3O4/c1-4-14-10(12)8(7-18-6-5-16-2)9(13-14)11(15)17-3/h4-7,12H2,1-3H3. The second-order valence-corrected chi connectivity index (χ2v) is 3.57. The van der Waals surface area contributed by atoms with Crippen molar-refractivity contribution in [3.63, 3.8) is 0 Å². The SMILES string of the molecule is CCn1nc(C(=O)OC)c(COCCOC)c1N. The highest BCUT2D eigenvalue weighted by Crippen LogP contribution is 2.19. The van der Waals surface area contributed by atoms with Crippen LogP contribution in [0.4, 0.5) is 5.82 Å². The minimum absolute atomic E-state index is 0.203. The second kappa shape index (κ2) is 6.97. The quantitative estimate of drug-likeness (QED) is 0.563. The first-order valence-corrected chi connectivity index (χ1v) is 5.65.